The molecule has 0 bridgehead atoms. The fraction of sp³-hybridized carbons (Fsp3) is 0.120. The van der Waals surface area contributed by atoms with E-state index in [0.717, 1.165) is 17.0 Å². The number of rotatable bonds is 6. The molecule has 6 heteroatoms. The summed E-state index contributed by atoms with van der Waals surface area (Å²) >= 11 is 5.87. The first kappa shape index (κ1) is 20.7. The van der Waals surface area contributed by atoms with Gasteiger partial charge in [-0.15, -0.1) is 0 Å². The van der Waals surface area contributed by atoms with E-state index in [0.29, 0.717) is 34.5 Å². The topological polar surface area (TPSA) is 64.4 Å². The number of ether oxygens (including phenoxy) is 1. The number of aryl methyl sites for hydroxylation is 2. The van der Waals surface area contributed by atoms with Gasteiger partial charge in [-0.3, -0.25) is 4.79 Å². The average molecular weight is 433 g/mol. The Bertz CT molecular complexity index is 1180. The second-order valence-electron chi connectivity index (χ2n) is 7.16. The first-order chi connectivity index (χ1) is 15.0. The Hall–Kier alpha value is -3.57. The number of carbonyl (C=O) groups is 1. The number of amides is 1. The third-order valence-electron chi connectivity index (χ3n) is 4.79. The van der Waals surface area contributed by atoms with E-state index in [1.807, 2.05) is 50.2 Å². The summed E-state index contributed by atoms with van der Waals surface area (Å²) in [7, 11) is 0. The average Bonchev–Trinajstić information content (AvgIpc) is 3.15. The van der Waals surface area contributed by atoms with Crippen molar-refractivity contribution < 1.29 is 13.9 Å². The molecule has 0 aliphatic rings. The number of anilines is 1. The number of nitrogens with zero attached hydrogens (tertiary/aromatic N) is 1. The molecule has 0 atom stereocenters. The molecule has 156 valence electrons. The maximum Gasteiger partial charge on any atom is 0.255 e. The van der Waals surface area contributed by atoms with Gasteiger partial charge in [-0.1, -0.05) is 29.3 Å². The molecule has 4 aromatic rings. The van der Waals surface area contributed by atoms with E-state index < -0.39 is 0 Å². The van der Waals surface area contributed by atoms with Gasteiger partial charge in [-0.25, -0.2) is 4.98 Å². The predicted molar refractivity (Wildman–Crippen MR) is 122 cm³/mol. The van der Waals surface area contributed by atoms with Crippen molar-refractivity contribution >= 4 is 23.2 Å². The Labute approximate surface area is 185 Å². The minimum atomic E-state index is -0.204. The summed E-state index contributed by atoms with van der Waals surface area (Å²) in [5, 5.41) is 3.46. The van der Waals surface area contributed by atoms with Crippen LogP contribution in [0.25, 0.3) is 11.5 Å². The Kier molecular flexibility index (Phi) is 6.05. The van der Waals surface area contributed by atoms with Gasteiger partial charge < -0.3 is 14.5 Å². The lowest BCUT2D eigenvalue weighted by molar-refractivity contribution is 0.102. The van der Waals surface area contributed by atoms with E-state index in [1.165, 1.54) is 5.56 Å². The summed E-state index contributed by atoms with van der Waals surface area (Å²) in [5.41, 5.74) is 3.91. The lowest BCUT2D eigenvalue weighted by Gasteiger charge is -2.06. The van der Waals surface area contributed by atoms with Gasteiger partial charge in [0.2, 0.25) is 5.89 Å². The molecular weight excluding hydrogens is 412 g/mol. The highest BCUT2D eigenvalue weighted by atomic mass is 35.5. The molecule has 5 nitrogen and oxygen atoms in total. The van der Waals surface area contributed by atoms with Crippen LogP contribution in [0.3, 0.4) is 0 Å². The zero-order chi connectivity index (χ0) is 21.8. The lowest BCUT2D eigenvalue weighted by Crippen LogP contribution is -2.11. The molecule has 1 heterocycles. The van der Waals surface area contributed by atoms with Crippen molar-refractivity contribution in [1.29, 1.82) is 0 Å². The van der Waals surface area contributed by atoms with Crippen LogP contribution < -0.4 is 10.1 Å². The van der Waals surface area contributed by atoms with Crippen molar-refractivity contribution in [2.75, 3.05) is 5.32 Å². The molecule has 0 fully saturated rings. The summed E-state index contributed by atoms with van der Waals surface area (Å²) in [6.07, 6.45) is 0. The normalized spacial score (nSPS) is 10.7. The maximum absolute atomic E-state index is 12.4. The van der Waals surface area contributed by atoms with Gasteiger partial charge in [-0.2, -0.15) is 0 Å². The Morgan fingerprint density at radius 2 is 1.65 bits per heavy atom. The molecule has 1 aromatic heterocycles. The Morgan fingerprint density at radius 3 is 2.32 bits per heavy atom. The van der Waals surface area contributed by atoms with Crippen molar-refractivity contribution in [3.8, 4) is 17.2 Å². The molecule has 0 saturated heterocycles. The van der Waals surface area contributed by atoms with E-state index >= 15 is 0 Å². The van der Waals surface area contributed by atoms with Gasteiger partial charge in [-0.05, 0) is 74.5 Å². The second kappa shape index (κ2) is 9.06. The van der Waals surface area contributed by atoms with Gasteiger partial charge >= 0.3 is 0 Å². The fourth-order valence-electron chi connectivity index (χ4n) is 2.97. The highest BCUT2D eigenvalue weighted by molar-refractivity contribution is 6.30. The van der Waals surface area contributed by atoms with Gasteiger partial charge in [0.05, 0.1) is 0 Å². The number of oxazole rings is 1. The number of benzene rings is 3. The summed E-state index contributed by atoms with van der Waals surface area (Å²) in [5.74, 6) is 1.77. The summed E-state index contributed by atoms with van der Waals surface area (Å²) in [6.45, 7) is 4.21. The van der Waals surface area contributed by atoms with Crippen LogP contribution in [0.15, 0.2) is 77.2 Å². The van der Waals surface area contributed by atoms with Crippen molar-refractivity contribution in [3.05, 3.63) is 100 Å². The van der Waals surface area contributed by atoms with E-state index in [-0.39, 0.29) is 5.91 Å². The van der Waals surface area contributed by atoms with Crippen LogP contribution >= 0.6 is 11.6 Å². The van der Waals surface area contributed by atoms with E-state index in [2.05, 4.69) is 10.3 Å². The van der Waals surface area contributed by atoms with Crippen LogP contribution in [0.4, 0.5) is 5.69 Å². The Balaban J connectivity index is 1.42. The largest absolute Gasteiger partial charge is 0.487 e. The molecule has 1 amide bonds. The minimum absolute atomic E-state index is 0.204. The van der Waals surface area contributed by atoms with Gasteiger partial charge in [0.15, 0.2) is 0 Å². The van der Waals surface area contributed by atoms with Crippen molar-refractivity contribution in [2.45, 2.75) is 20.5 Å². The highest BCUT2D eigenvalue weighted by Gasteiger charge is 2.13. The standard InChI is InChI=1S/C25H21ClN2O3/c1-16-3-13-22(14-4-16)30-15-23-17(2)31-25(28-23)19-7-5-18(6-8-19)24(29)27-21-11-9-20(26)10-12-21/h3-14H,15H2,1-2H3,(H,27,29). The zero-order valence-electron chi connectivity index (χ0n) is 17.2. The van der Waals surface area contributed by atoms with Crippen LogP contribution in [0.1, 0.15) is 27.4 Å². The SMILES string of the molecule is Cc1ccc(OCc2nc(-c3ccc(C(=O)Nc4ccc(Cl)cc4)cc3)oc2C)cc1. The summed E-state index contributed by atoms with van der Waals surface area (Å²) in [4.78, 5) is 17.0. The molecule has 1 N–H and O–H groups in total. The number of hydrogen-bond acceptors (Lipinski definition) is 4. The quantitative estimate of drug-likeness (QED) is 0.380. The molecular formula is C25H21ClN2O3. The van der Waals surface area contributed by atoms with Crippen LogP contribution in [-0.4, -0.2) is 10.9 Å². The zero-order valence-corrected chi connectivity index (χ0v) is 17.9. The number of hydrogen-bond donors (Lipinski definition) is 1. The molecule has 0 aliphatic heterocycles. The number of carbonyl (C=O) groups excluding carboxylic acids is 1. The van der Waals surface area contributed by atoms with Crippen molar-refractivity contribution in [3.63, 3.8) is 0 Å². The smallest absolute Gasteiger partial charge is 0.255 e. The van der Waals surface area contributed by atoms with Crippen LogP contribution in [0, 0.1) is 13.8 Å². The molecule has 3 aromatic carbocycles. The minimum Gasteiger partial charge on any atom is -0.487 e. The molecule has 0 aliphatic carbocycles. The van der Waals surface area contributed by atoms with Gasteiger partial charge in [0.1, 0.15) is 23.8 Å². The van der Waals surface area contributed by atoms with E-state index in [9.17, 15) is 4.79 Å². The van der Waals surface area contributed by atoms with E-state index in [4.69, 9.17) is 20.8 Å². The molecule has 0 spiro atoms. The van der Waals surface area contributed by atoms with Crippen molar-refractivity contribution in [1.82, 2.24) is 4.98 Å². The number of nitrogens with one attached hydrogen (secondary N) is 1. The third-order valence-corrected chi connectivity index (χ3v) is 5.04. The monoisotopic (exact) mass is 432 g/mol. The number of aromatic nitrogens is 1. The lowest BCUT2D eigenvalue weighted by atomic mass is 10.1. The molecule has 31 heavy (non-hydrogen) atoms. The maximum atomic E-state index is 12.4. The highest BCUT2D eigenvalue weighted by Crippen LogP contribution is 2.24. The molecule has 0 unspecified atom stereocenters. The van der Waals surface area contributed by atoms with Gasteiger partial charge in [0.25, 0.3) is 5.91 Å². The van der Waals surface area contributed by atoms with Crippen LogP contribution in [0.5, 0.6) is 5.75 Å². The summed E-state index contributed by atoms with van der Waals surface area (Å²) in [6, 6.07) is 21.9. The van der Waals surface area contributed by atoms with Crippen LogP contribution in [0.2, 0.25) is 5.02 Å². The molecule has 0 radical (unpaired) electrons. The van der Waals surface area contributed by atoms with Crippen LogP contribution in [-0.2, 0) is 6.61 Å². The predicted octanol–water partition coefficient (Wildman–Crippen LogP) is 6.44. The fourth-order valence-corrected chi connectivity index (χ4v) is 3.10. The first-order valence-electron chi connectivity index (χ1n) is 9.81. The Morgan fingerprint density at radius 1 is 0.968 bits per heavy atom. The first-order valence-corrected chi connectivity index (χ1v) is 10.2. The summed E-state index contributed by atoms with van der Waals surface area (Å²) < 4.78 is 11.6. The molecule has 0 saturated carbocycles. The van der Waals surface area contributed by atoms with E-state index in [1.54, 1.807) is 36.4 Å². The van der Waals surface area contributed by atoms with Crippen molar-refractivity contribution in [2.24, 2.45) is 0 Å². The molecule has 4 rings (SSSR count). The second-order valence-corrected chi connectivity index (χ2v) is 7.60. The third kappa shape index (κ3) is 5.13. The van der Waals surface area contributed by atoms with Gasteiger partial charge in [0, 0.05) is 21.8 Å². The number of halogens is 1.